The molecule has 0 bridgehead atoms. The second kappa shape index (κ2) is 4.43. The van der Waals surface area contributed by atoms with Gasteiger partial charge in [-0.25, -0.2) is 4.79 Å². The molecule has 11 heavy (non-hydrogen) atoms. The molecule has 5 nitrogen and oxygen atoms in total. The maximum Gasteiger partial charge on any atom is 0.337 e. The van der Waals surface area contributed by atoms with Gasteiger partial charge in [0, 0.05) is 6.92 Å². The Labute approximate surface area is 63.8 Å². The fourth-order valence-electron chi connectivity index (χ4n) is 0.407. The van der Waals surface area contributed by atoms with Gasteiger partial charge in [0.2, 0.25) is 5.70 Å². The van der Waals surface area contributed by atoms with Crippen molar-refractivity contribution in [3.63, 3.8) is 0 Å². The summed E-state index contributed by atoms with van der Waals surface area (Å²) in [5.74, 6) is -0.679. The SMILES string of the molecule is CCOC(=O)/C=C(\C)[N+](=O)[O-]. The summed E-state index contributed by atoms with van der Waals surface area (Å²) < 4.78 is 4.44. The van der Waals surface area contributed by atoms with Crippen molar-refractivity contribution in [3.05, 3.63) is 21.9 Å². The van der Waals surface area contributed by atoms with Crippen LogP contribution in [0.25, 0.3) is 0 Å². The van der Waals surface area contributed by atoms with E-state index in [1.807, 2.05) is 0 Å². The summed E-state index contributed by atoms with van der Waals surface area (Å²) in [6.07, 6.45) is 0.851. The van der Waals surface area contributed by atoms with E-state index in [4.69, 9.17) is 0 Å². The molecular weight excluding hydrogens is 150 g/mol. The molecule has 0 spiro atoms. The lowest BCUT2D eigenvalue weighted by Gasteiger charge is -1.93. The molecule has 0 N–H and O–H groups in total. The topological polar surface area (TPSA) is 69.4 Å². The number of carbonyl (C=O) groups excluding carboxylic acids is 1. The van der Waals surface area contributed by atoms with Crippen LogP contribution in [0.15, 0.2) is 11.8 Å². The molecule has 0 amide bonds. The number of allylic oxidation sites excluding steroid dienone is 1. The Kier molecular flexibility index (Phi) is 3.87. The molecule has 0 aliphatic rings. The number of carbonyl (C=O) groups is 1. The summed E-state index contributed by atoms with van der Waals surface area (Å²) in [6, 6.07) is 0. The summed E-state index contributed by atoms with van der Waals surface area (Å²) in [7, 11) is 0. The first-order valence-electron chi connectivity index (χ1n) is 3.07. The van der Waals surface area contributed by atoms with Gasteiger partial charge in [-0.3, -0.25) is 10.1 Å². The number of esters is 1. The average Bonchev–Trinajstić information content (AvgIpc) is 1.87. The Morgan fingerprint density at radius 3 is 2.64 bits per heavy atom. The normalized spacial score (nSPS) is 10.9. The van der Waals surface area contributed by atoms with Gasteiger partial charge in [-0.2, -0.15) is 0 Å². The van der Waals surface area contributed by atoms with E-state index in [-0.39, 0.29) is 12.3 Å². The third kappa shape index (κ3) is 4.07. The smallest absolute Gasteiger partial charge is 0.337 e. The van der Waals surface area contributed by atoms with E-state index in [2.05, 4.69) is 4.74 Å². The number of hydrogen-bond donors (Lipinski definition) is 0. The van der Waals surface area contributed by atoms with Gasteiger partial charge in [-0.05, 0) is 6.92 Å². The zero-order valence-electron chi connectivity index (χ0n) is 6.36. The van der Waals surface area contributed by atoms with Crippen molar-refractivity contribution in [2.75, 3.05) is 6.61 Å². The Morgan fingerprint density at radius 1 is 1.73 bits per heavy atom. The molecule has 0 atom stereocenters. The predicted octanol–water partition coefficient (Wildman–Crippen LogP) is 0.730. The highest BCUT2D eigenvalue weighted by atomic mass is 16.6. The molecule has 0 saturated carbocycles. The molecule has 0 aromatic heterocycles. The monoisotopic (exact) mass is 159 g/mol. The van der Waals surface area contributed by atoms with Crippen molar-refractivity contribution in [2.24, 2.45) is 0 Å². The minimum Gasteiger partial charge on any atom is -0.463 e. The van der Waals surface area contributed by atoms with E-state index in [0.29, 0.717) is 0 Å². The van der Waals surface area contributed by atoms with Gasteiger partial charge in [-0.1, -0.05) is 0 Å². The third-order valence-electron chi connectivity index (χ3n) is 0.901. The maximum absolute atomic E-state index is 10.6. The lowest BCUT2D eigenvalue weighted by Crippen LogP contribution is -2.03. The van der Waals surface area contributed by atoms with E-state index in [1.54, 1.807) is 6.92 Å². The van der Waals surface area contributed by atoms with Crippen molar-refractivity contribution >= 4 is 5.97 Å². The second-order valence-corrected chi connectivity index (χ2v) is 1.79. The van der Waals surface area contributed by atoms with Gasteiger partial charge in [0.05, 0.1) is 17.6 Å². The molecule has 5 heteroatoms. The highest BCUT2D eigenvalue weighted by Crippen LogP contribution is 1.93. The van der Waals surface area contributed by atoms with E-state index in [9.17, 15) is 14.9 Å². The van der Waals surface area contributed by atoms with Crippen LogP contribution in [0.5, 0.6) is 0 Å². The Bertz CT molecular complexity index is 197. The summed E-state index contributed by atoms with van der Waals surface area (Å²) in [5, 5.41) is 9.97. The lowest BCUT2D eigenvalue weighted by atomic mass is 10.4. The molecular formula is C6H9NO4. The number of rotatable bonds is 3. The van der Waals surface area contributed by atoms with Crippen LogP contribution in [0.1, 0.15) is 13.8 Å². The fraction of sp³-hybridized carbons (Fsp3) is 0.500. The molecule has 0 rings (SSSR count). The number of nitro groups is 1. The Balaban J connectivity index is 4.08. The third-order valence-corrected chi connectivity index (χ3v) is 0.901. The second-order valence-electron chi connectivity index (χ2n) is 1.79. The average molecular weight is 159 g/mol. The summed E-state index contributed by atoms with van der Waals surface area (Å²) in [6.45, 7) is 3.09. The quantitative estimate of drug-likeness (QED) is 0.263. The van der Waals surface area contributed by atoms with Crippen molar-refractivity contribution < 1.29 is 14.5 Å². The minimum absolute atomic E-state index is 0.219. The molecule has 0 aromatic carbocycles. The summed E-state index contributed by atoms with van der Waals surface area (Å²) in [5.41, 5.74) is -0.219. The summed E-state index contributed by atoms with van der Waals surface area (Å²) >= 11 is 0. The maximum atomic E-state index is 10.6. The Hall–Kier alpha value is -1.39. The van der Waals surface area contributed by atoms with Gasteiger partial charge in [-0.15, -0.1) is 0 Å². The zero-order chi connectivity index (χ0) is 8.85. The first-order chi connectivity index (χ1) is 5.07. The van der Waals surface area contributed by atoms with Crippen LogP contribution in [0.3, 0.4) is 0 Å². The van der Waals surface area contributed by atoms with Crippen molar-refractivity contribution in [1.29, 1.82) is 0 Å². The van der Waals surface area contributed by atoms with Crippen molar-refractivity contribution in [2.45, 2.75) is 13.8 Å². The van der Waals surface area contributed by atoms with E-state index >= 15 is 0 Å². The van der Waals surface area contributed by atoms with Gasteiger partial charge in [0.1, 0.15) is 0 Å². The molecule has 0 aromatic rings. The largest absolute Gasteiger partial charge is 0.463 e. The number of hydrogen-bond acceptors (Lipinski definition) is 4. The first kappa shape index (κ1) is 9.61. The van der Waals surface area contributed by atoms with Crippen molar-refractivity contribution in [3.8, 4) is 0 Å². The molecule has 0 fully saturated rings. The van der Waals surface area contributed by atoms with Crippen molar-refractivity contribution in [1.82, 2.24) is 0 Å². The predicted molar refractivity (Wildman–Crippen MR) is 37.4 cm³/mol. The summed E-state index contributed by atoms with van der Waals surface area (Å²) in [4.78, 5) is 19.9. The van der Waals surface area contributed by atoms with Crippen LogP contribution in [-0.4, -0.2) is 17.5 Å². The standard InChI is InChI=1S/C6H9NO4/c1-3-11-6(8)4-5(2)7(9)10/h4H,3H2,1-2H3/b5-4+. The number of nitrogens with zero attached hydrogens (tertiary/aromatic N) is 1. The zero-order valence-corrected chi connectivity index (χ0v) is 6.36. The van der Waals surface area contributed by atoms with Crippen LogP contribution in [-0.2, 0) is 9.53 Å². The van der Waals surface area contributed by atoms with E-state index < -0.39 is 10.9 Å². The van der Waals surface area contributed by atoms with Gasteiger partial charge in [0.15, 0.2) is 0 Å². The molecule has 0 aliphatic heterocycles. The highest BCUT2D eigenvalue weighted by molar-refractivity contribution is 5.82. The van der Waals surface area contributed by atoms with E-state index in [0.717, 1.165) is 6.08 Å². The molecule has 62 valence electrons. The van der Waals surface area contributed by atoms with Crippen LogP contribution in [0.2, 0.25) is 0 Å². The van der Waals surface area contributed by atoms with Crippen LogP contribution >= 0.6 is 0 Å². The minimum atomic E-state index is -0.679. The van der Waals surface area contributed by atoms with Crippen LogP contribution in [0.4, 0.5) is 0 Å². The lowest BCUT2D eigenvalue weighted by molar-refractivity contribution is -0.424. The van der Waals surface area contributed by atoms with Crippen LogP contribution < -0.4 is 0 Å². The van der Waals surface area contributed by atoms with Gasteiger partial charge in [0.25, 0.3) is 0 Å². The molecule has 0 aliphatic carbocycles. The molecule has 0 unspecified atom stereocenters. The van der Waals surface area contributed by atoms with Crippen LogP contribution in [0, 0.1) is 10.1 Å². The van der Waals surface area contributed by atoms with Gasteiger partial charge >= 0.3 is 5.97 Å². The van der Waals surface area contributed by atoms with E-state index in [1.165, 1.54) is 6.92 Å². The molecule has 0 radical (unpaired) electrons. The Morgan fingerprint density at radius 2 is 2.27 bits per heavy atom. The van der Waals surface area contributed by atoms with Gasteiger partial charge < -0.3 is 4.74 Å². The highest BCUT2D eigenvalue weighted by Gasteiger charge is 2.05. The molecule has 0 saturated heterocycles. The number of ether oxygens (including phenoxy) is 1. The first-order valence-corrected chi connectivity index (χ1v) is 3.07. The molecule has 0 heterocycles. The fourth-order valence-corrected chi connectivity index (χ4v) is 0.407.